The molecule has 0 radical (unpaired) electrons. The van der Waals surface area contributed by atoms with Gasteiger partial charge in [0, 0.05) is 11.1 Å². The predicted octanol–water partition coefficient (Wildman–Crippen LogP) is 4.45. The second kappa shape index (κ2) is 23.5. The smallest absolute Gasteiger partial charge is 0.333 e. The summed E-state index contributed by atoms with van der Waals surface area (Å²) in [4.78, 5) is 23.0. The van der Waals surface area contributed by atoms with E-state index in [4.69, 9.17) is 42.6 Å². The van der Waals surface area contributed by atoms with Crippen LogP contribution in [0.25, 0.3) is 0 Å². The number of ether oxygens (including phenoxy) is 9. The zero-order chi connectivity index (χ0) is 32.9. The van der Waals surface area contributed by atoms with Crippen molar-refractivity contribution in [2.75, 3.05) is 52.9 Å². The molecule has 0 amide bonds. The van der Waals surface area contributed by atoms with Crippen LogP contribution in [-0.4, -0.2) is 114 Å². The van der Waals surface area contributed by atoms with Crippen LogP contribution in [0.5, 0.6) is 0 Å². The number of carbonyl (C=O) groups excluding carboxylic acids is 2. The molecule has 8 atom stereocenters. The van der Waals surface area contributed by atoms with Crippen molar-refractivity contribution in [2.45, 2.75) is 118 Å². The first-order valence-corrected chi connectivity index (χ1v) is 15.1. The third-order valence-electron chi connectivity index (χ3n) is 5.76. The Kier molecular flexibility index (Phi) is 22.5. The fourth-order valence-electron chi connectivity index (χ4n) is 3.07. The second-order valence-electron chi connectivity index (χ2n) is 11.4. The van der Waals surface area contributed by atoms with Gasteiger partial charge in [-0.05, 0) is 69.2 Å². The van der Waals surface area contributed by atoms with E-state index >= 15 is 0 Å². The maximum absolute atomic E-state index is 11.6. The molecule has 0 aromatic heterocycles. The fourth-order valence-corrected chi connectivity index (χ4v) is 3.07. The molecule has 43 heavy (non-hydrogen) atoms. The molecule has 0 saturated carbocycles. The van der Waals surface area contributed by atoms with Gasteiger partial charge in [-0.2, -0.15) is 0 Å². The minimum atomic E-state index is -0.424. The molecule has 0 aromatic rings. The van der Waals surface area contributed by atoms with E-state index in [0.29, 0.717) is 50.8 Å². The van der Waals surface area contributed by atoms with Crippen molar-refractivity contribution < 1.29 is 52.2 Å². The van der Waals surface area contributed by atoms with Crippen molar-refractivity contribution in [1.29, 1.82) is 0 Å². The normalized spacial score (nSPS) is 17.2. The van der Waals surface area contributed by atoms with Gasteiger partial charge in [0.2, 0.25) is 0 Å². The van der Waals surface area contributed by atoms with Gasteiger partial charge >= 0.3 is 11.9 Å². The Balaban J connectivity index is 3.95. The molecule has 8 unspecified atom stereocenters. The first kappa shape index (κ1) is 41.1. The summed E-state index contributed by atoms with van der Waals surface area (Å²) in [5, 5.41) is 0. The summed E-state index contributed by atoms with van der Waals surface area (Å²) in [5.41, 5.74) is 0.719. The number of hydrogen-bond acceptors (Lipinski definition) is 11. The van der Waals surface area contributed by atoms with E-state index in [1.54, 1.807) is 20.8 Å². The van der Waals surface area contributed by atoms with Gasteiger partial charge < -0.3 is 42.6 Å². The molecule has 0 aliphatic rings. The summed E-state index contributed by atoms with van der Waals surface area (Å²) in [6.45, 7) is 28.4. The number of hydrogen-bond donors (Lipinski definition) is 0. The van der Waals surface area contributed by atoms with E-state index in [0.717, 1.165) is 0 Å². The molecule has 0 aliphatic carbocycles. The van der Waals surface area contributed by atoms with Crippen LogP contribution >= 0.6 is 0 Å². The molecule has 0 aliphatic heterocycles. The Labute approximate surface area is 259 Å². The van der Waals surface area contributed by atoms with Crippen molar-refractivity contribution in [3.05, 3.63) is 24.3 Å². The first-order chi connectivity index (χ1) is 20.1. The van der Waals surface area contributed by atoms with Crippen molar-refractivity contribution in [1.82, 2.24) is 0 Å². The summed E-state index contributed by atoms with van der Waals surface area (Å²) in [7, 11) is 0. The highest BCUT2D eigenvalue weighted by atomic mass is 16.6. The van der Waals surface area contributed by atoms with Gasteiger partial charge in [0.1, 0.15) is 12.7 Å². The standard InChI is InChI=1S/C32H58O11/c1-21(2)31(33)42-19-29(11)40-17-27(9)38-15-25(7)36-13-23(5)35-14-24(6)37-16-26(8)39-18-28(10)41-20-30(12)43-32(34)22(3)4/h23-30H,1,3,13-20H2,2,4-12H3. The largest absolute Gasteiger partial charge is 0.460 e. The molecular formula is C32H58O11. The van der Waals surface area contributed by atoms with Crippen LogP contribution in [0, 0.1) is 0 Å². The average Bonchev–Trinajstić information content (AvgIpc) is 2.95. The van der Waals surface area contributed by atoms with E-state index in [9.17, 15) is 9.59 Å². The molecule has 11 nitrogen and oxygen atoms in total. The van der Waals surface area contributed by atoms with E-state index in [2.05, 4.69) is 13.2 Å². The quantitative estimate of drug-likeness (QED) is 0.101. The van der Waals surface area contributed by atoms with Crippen LogP contribution in [0.3, 0.4) is 0 Å². The highest BCUT2D eigenvalue weighted by Gasteiger charge is 2.16. The van der Waals surface area contributed by atoms with Crippen molar-refractivity contribution in [3.8, 4) is 0 Å². The summed E-state index contributed by atoms with van der Waals surface area (Å²) >= 11 is 0. The van der Waals surface area contributed by atoms with Crippen LogP contribution in [0.4, 0.5) is 0 Å². The molecule has 0 fully saturated rings. The Bertz CT molecular complexity index is 802. The molecule has 0 heterocycles. The van der Waals surface area contributed by atoms with Crippen LogP contribution in [0.1, 0.15) is 69.2 Å². The highest BCUT2D eigenvalue weighted by molar-refractivity contribution is 5.87. The minimum absolute atomic E-state index is 0.110. The minimum Gasteiger partial charge on any atom is -0.460 e. The van der Waals surface area contributed by atoms with E-state index in [-0.39, 0.29) is 62.0 Å². The monoisotopic (exact) mass is 618 g/mol. The molecule has 0 rings (SSSR count). The summed E-state index contributed by atoms with van der Waals surface area (Å²) in [6.07, 6.45) is -1.37. The molecule has 252 valence electrons. The number of carbonyl (C=O) groups is 2. The summed E-state index contributed by atoms with van der Waals surface area (Å²) in [6, 6.07) is 0. The number of esters is 2. The Morgan fingerprint density at radius 2 is 0.651 bits per heavy atom. The predicted molar refractivity (Wildman–Crippen MR) is 164 cm³/mol. The van der Waals surface area contributed by atoms with E-state index in [1.807, 2.05) is 48.5 Å². The zero-order valence-electron chi connectivity index (χ0n) is 28.2. The van der Waals surface area contributed by atoms with Gasteiger partial charge in [-0.25, -0.2) is 9.59 Å². The maximum Gasteiger partial charge on any atom is 0.333 e. The second-order valence-corrected chi connectivity index (χ2v) is 11.4. The molecule has 0 aromatic carbocycles. The Hall–Kier alpha value is -1.86. The molecule has 11 heteroatoms. The average molecular weight is 619 g/mol. The molecular weight excluding hydrogens is 560 g/mol. The van der Waals surface area contributed by atoms with Crippen LogP contribution < -0.4 is 0 Å². The van der Waals surface area contributed by atoms with Gasteiger partial charge in [0.05, 0.1) is 89.0 Å². The first-order valence-electron chi connectivity index (χ1n) is 15.1. The van der Waals surface area contributed by atoms with E-state index < -0.39 is 11.9 Å². The van der Waals surface area contributed by atoms with Crippen molar-refractivity contribution >= 4 is 11.9 Å². The SMILES string of the molecule is C=C(C)C(=O)OCC(C)OCC(C)OCC(C)OCC(C)OCC(C)OCC(C)OCC(C)OCC(C)OC(=O)C(=C)C. The fraction of sp³-hybridized carbons (Fsp3) is 0.812. The van der Waals surface area contributed by atoms with Crippen molar-refractivity contribution in [3.63, 3.8) is 0 Å². The lowest BCUT2D eigenvalue weighted by Crippen LogP contribution is -2.30. The lowest BCUT2D eigenvalue weighted by atomic mass is 10.3. The lowest BCUT2D eigenvalue weighted by Gasteiger charge is -2.23. The topological polar surface area (TPSA) is 117 Å². The zero-order valence-corrected chi connectivity index (χ0v) is 28.2. The molecule has 0 bridgehead atoms. The van der Waals surface area contributed by atoms with Gasteiger partial charge in [-0.3, -0.25) is 0 Å². The van der Waals surface area contributed by atoms with Crippen LogP contribution in [0.15, 0.2) is 24.3 Å². The lowest BCUT2D eigenvalue weighted by molar-refractivity contribution is -0.148. The van der Waals surface area contributed by atoms with Gasteiger partial charge in [-0.15, -0.1) is 0 Å². The van der Waals surface area contributed by atoms with Crippen LogP contribution in [-0.2, 0) is 52.2 Å². The molecule has 0 spiro atoms. The van der Waals surface area contributed by atoms with E-state index in [1.165, 1.54) is 0 Å². The molecule has 0 saturated heterocycles. The Morgan fingerprint density at radius 1 is 0.419 bits per heavy atom. The third kappa shape index (κ3) is 23.2. The number of rotatable bonds is 26. The van der Waals surface area contributed by atoms with Crippen LogP contribution in [0.2, 0.25) is 0 Å². The summed E-state index contributed by atoms with van der Waals surface area (Å²) < 4.78 is 50.9. The van der Waals surface area contributed by atoms with Gasteiger partial charge in [0.25, 0.3) is 0 Å². The van der Waals surface area contributed by atoms with Gasteiger partial charge in [-0.1, -0.05) is 13.2 Å². The summed E-state index contributed by atoms with van der Waals surface area (Å²) in [5.74, 6) is -0.848. The molecule has 0 N–H and O–H groups in total. The highest BCUT2D eigenvalue weighted by Crippen LogP contribution is 2.06. The maximum atomic E-state index is 11.6. The van der Waals surface area contributed by atoms with Gasteiger partial charge in [0.15, 0.2) is 0 Å². The Morgan fingerprint density at radius 3 is 0.907 bits per heavy atom. The third-order valence-corrected chi connectivity index (χ3v) is 5.76. The van der Waals surface area contributed by atoms with Crippen molar-refractivity contribution in [2.24, 2.45) is 0 Å².